The Kier molecular flexibility index (Phi) is 23.5. The average molecular weight is 1430 g/mol. The van der Waals surface area contributed by atoms with E-state index in [4.69, 9.17) is 23.2 Å². The summed E-state index contributed by atoms with van der Waals surface area (Å²) >= 11 is 12.1. The Morgan fingerprint density at radius 1 is 0.394 bits per heavy atom. The number of likely N-dealkylation sites (tertiary alicyclic amines) is 4. The molecular formula is C86H88Cl2FN9O6. The first kappa shape index (κ1) is 72.1. The summed E-state index contributed by atoms with van der Waals surface area (Å²) in [6, 6.07) is 71.7. The van der Waals surface area contributed by atoms with Gasteiger partial charge >= 0.3 is 0 Å². The van der Waals surface area contributed by atoms with Gasteiger partial charge in [-0.25, -0.2) is 4.39 Å². The first-order chi connectivity index (χ1) is 50.7. The van der Waals surface area contributed by atoms with Gasteiger partial charge in [-0.1, -0.05) is 175 Å². The van der Waals surface area contributed by atoms with E-state index in [0.717, 1.165) is 99.3 Å². The third-order valence-electron chi connectivity index (χ3n) is 20.9. The van der Waals surface area contributed by atoms with Crippen molar-refractivity contribution in [3.8, 4) is 0 Å². The van der Waals surface area contributed by atoms with Gasteiger partial charge in [0.25, 0.3) is 17.7 Å². The molecule has 0 spiro atoms. The number of carbonyl (C=O) groups excluding carboxylic acids is 6. The lowest BCUT2D eigenvalue weighted by Gasteiger charge is -2.35. The van der Waals surface area contributed by atoms with Gasteiger partial charge in [-0.2, -0.15) is 0 Å². The molecule has 4 fully saturated rings. The van der Waals surface area contributed by atoms with Crippen LogP contribution in [-0.2, 0) is 40.6 Å². The number of hydrogen-bond donors (Lipinski definition) is 2. The molecular weight excluding hydrogens is 1340 g/mol. The van der Waals surface area contributed by atoms with Gasteiger partial charge in [0.1, 0.15) is 22.9 Å². The lowest BCUT2D eigenvalue weighted by Crippen LogP contribution is -2.46. The van der Waals surface area contributed by atoms with E-state index in [0.29, 0.717) is 124 Å². The Balaban J connectivity index is 0.000000139. The Morgan fingerprint density at radius 2 is 0.750 bits per heavy atom. The largest absolute Gasteiger partial charge is 0.352 e. The average Bonchev–Trinajstić information content (AvgIpc) is 1.64. The molecule has 4 aliphatic rings. The minimum Gasteiger partial charge on any atom is -0.352 e. The molecule has 6 amide bonds. The maximum absolute atomic E-state index is 13.7. The van der Waals surface area contributed by atoms with Gasteiger partial charge in [0.2, 0.25) is 17.7 Å². The Bertz CT molecular complexity index is 4780. The number of fused-ring (bicyclic) bond motifs is 3. The molecule has 534 valence electrons. The van der Waals surface area contributed by atoms with Crippen LogP contribution in [-0.4, -0.2) is 121 Å². The number of benzene rings is 8. The number of nitrogens with one attached hydrogen (secondary N) is 2. The highest BCUT2D eigenvalue weighted by atomic mass is 35.5. The number of halogens is 3. The third-order valence-corrected chi connectivity index (χ3v) is 21.4. The fourth-order valence-corrected chi connectivity index (χ4v) is 15.2. The Morgan fingerprint density at radius 3 is 1.16 bits per heavy atom. The smallest absolute Gasteiger partial charge is 0.270 e. The van der Waals surface area contributed by atoms with Crippen LogP contribution in [0.15, 0.2) is 224 Å². The molecule has 8 aromatic carbocycles. The third kappa shape index (κ3) is 17.5. The summed E-state index contributed by atoms with van der Waals surface area (Å²) < 4.78 is 19.6. The maximum atomic E-state index is 13.7. The summed E-state index contributed by atoms with van der Waals surface area (Å²) in [6.07, 6.45) is 7.56. The predicted octanol–water partition coefficient (Wildman–Crippen LogP) is 16.3. The zero-order valence-corrected chi connectivity index (χ0v) is 60.2. The predicted molar refractivity (Wildman–Crippen MR) is 410 cm³/mol. The van der Waals surface area contributed by atoms with Crippen LogP contribution in [0.4, 0.5) is 4.39 Å². The monoisotopic (exact) mass is 1430 g/mol. The SMILES string of the molecule is C[C@@H](NC(=O)C1CCN(C(=O)c2cc3ccccc3n2Cc2ccc(Cl)cc2)CC1)c1ccccc1.O=C(NCc1ccccc1)C1CCN(C(=O)c2cc3ccccc3n2Cc2ccc(F)cc2)CC1.O=C(c1cc2ccccc2n1Cc1ccc(Cl)cc1)N1CCC(C(=O)N2CCCCC2)CC1. The van der Waals surface area contributed by atoms with Crippen LogP contribution in [0.3, 0.4) is 0 Å². The molecule has 15 rings (SSSR count). The van der Waals surface area contributed by atoms with E-state index in [2.05, 4.69) is 25.8 Å². The lowest BCUT2D eigenvalue weighted by atomic mass is 9.94. The van der Waals surface area contributed by atoms with E-state index < -0.39 is 0 Å². The molecule has 0 unspecified atom stereocenters. The van der Waals surface area contributed by atoms with Crippen molar-refractivity contribution < 1.29 is 33.2 Å². The number of aromatic nitrogens is 3. The molecule has 0 saturated carbocycles. The van der Waals surface area contributed by atoms with Crippen LogP contribution in [0.1, 0.15) is 130 Å². The summed E-state index contributed by atoms with van der Waals surface area (Å²) in [6.45, 7) is 9.46. The molecule has 11 aromatic rings. The van der Waals surface area contributed by atoms with Gasteiger partial charge in [0, 0.05) is 139 Å². The highest BCUT2D eigenvalue weighted by molar-refractivity contribution is 6.30. The van der Waals surface area contributed by atoms with E-state index >= 15 is 0 Å². The van der Waals surface area contributed by atoms with Crippen molar-refractivity contribution >= 4 is 91.4 Å². The number of carbonyl (C=O) groups is 6. The maximum Gasteiger partial charge on any atom is 0.270 e. The second kappa shape index (κ2) is 33.9. The second-order valence-electron chi connectivity index (χ2n) is 27.8. The number of hydrogen-bond acceptors (Lipinski definition) is 6. The first-order valence-electron chi connectivity index (χ1n) is 36.5. The van der Waals surface area contributed by atoms with Crippen LogP contribution in [0.25, 0.3) is 32.7 Å². The summed E-state index contributed by atoms with van der Waals surface area (Å²) in [4.78, 5) is 87.0. The molecule has 3 aromatic heterocycles. The van der Waals surface area contributed by atoms with Gasteiger partial charge in [-0.3, -0.25) is 28.8 Å². The topological polar surface area (TPSA) is 154 Å². The second-order valence-corrected chi connectivity index (χ2v) is 28.7. The van der Waals surface area contributed by atoms with E-state index in [1.807, 2.05) is 225 Å². The van der Waals surface area contributed by atoms with Gasteiger partial charge in [0.05, 0.1) is 6.04 Å². The molecule has 7 heterocycles. The zero-order valence-electron chi connectivity index (χ0n) is 58.7. The lowest BCUT2D eigenvalue weighted by molar-refractivity contribution is -0.137. The van der Waals surface area contributed by atoms with E-state index in [-0.39, 0.29) is 59.1 Å². The number of piperidine rings is 4. The minimum absolute atomic E-state index is 0.0108. The van der Waals surface area contributed by atoms with Crippen molar-refractivity contribution in [2.24, 2.45) is 17.8 Å². The first-order valence-corrected chi connectivity index (χ1v) is 37.2. The fourth-order valence-electron chi connectivity index (χ4n) is 15.0. The molecule has 0 radical (unpaired) electrons. The molecule has 104 heavy (non-hydrogen) atoms. The van der Waals surface area contributed by atoms with Crippen molar-refractivity contribution in [3.63, 3.8) is 0 Å². The molecule has 0 aliphatic carbocycles. The summed E-state index contributed by atoms with van der Waals surface area (Å²) in [5, 5.41) is 10.7. The van der Waals surface area contributed by atoms with E-state index in [1.54, 1.807) is 12.1 Å². The highest BCUT2D eigenvalue weighted by Gasteiger charge is 2.35. The number of para-hydroxylation sites is 3. The standard InChI is InChI=1S/C30H30ClN3O2.C29H28FN3O2.C27H30ClN3O2/c1-21(23-7-3-2-4-8-23)32-29(35)24-15-17-33(18-16-24)30(36)28-19-25-9-5-6-10-27(25)34(28)20-22-11-13-26(31)14-12-22;30-25-12-10-22(11-13-25)20-33-26-9-5-4-8-24(26)18-27(33)29(35)32-16-14-23(15-17-32)28(34)31-19-21-6-2-1-3-7-21;28-23-10-8-20(9-11-23)19-31-24-7-3-2-6-22(24)18-25(31)27(33)30-16-12-21(13-17-30)26(32)29-14-4-1-5-15-29/h2-14,19,21,24H,15-18,20H2,1H3,(H,32,35);1-13,18,23H,14-17,19-20H2,(H,31,34);2-3,6-11,18,21H,1,4-5,12-17,19H2/t21-;;/m1../s1. The van der Waals surface area contributed by atoms with Gasteiger partial charge in [-0.05, 0) is 165 Å². The fraction of sp³-hybridized carbons (Fsp3) is 0.302. The van der Waals surface area contributed by atoms with Crippen molar-refractivity contribution in [1.29, 1.82) is 0 Å². The molecule has 0 bridgehead atoms. The Labute approximate surface area is 617 Å². The molecule has 4 saturated heterocycles. The number of rotatable bonds is 16. The molecule has 1 atom stereocenters. The van der Waals surface area contributed by atoms with Gasteiger partial charge in [0.15, 0.2) is 0 Å². The molecule has 18 heteroatoms. The van der Waals surface area contributed by atoms with Crippen LogP contribution in [0.5, 0.6) is 0 Å². The van der Waals surface area contributed by atoms with E-state index in [9.17, 15) is 33.2 Å². The molecule has 15 nitrogen and oxygen atoms in total. The van der Waals surface area contributed by atoms with Crippen molar-refractivity contribution in [3.05, 3.63) is 285 Å². The van der Waals surface area contributed by atoms with Gasteiger partial charge in [-0.15, -0.1) is 0 Å². The quantitative estimate of drug-likeness (QED) is 0.0982. The van der Waals surface area contributed by atoms with Crippen LogP contribution >= 0.6 is 23.2 Å². The number of amides is 6. The normalized spacial score (nSPS) is 15.6. The van der Waals surface area contributed by atoms with Crippen LogP contribution in [0, 0.1) is 23.6 Å². The van der Waals surface area contributed by atoms with E-state index in [1.165, 1.54) is 18.6 Å². The summed E-state index contributed by atoms with van der Waals surface area (Å²) in [7, 11) is 0. The minimum atomic E-state index is -0.280. The van der Waals surface area contributed by atoms with Crippen LogP contribution in [0.2, 0.25) is 10.0 Å². The van der Waals surface area contributed by atoms with Crippen molar-refractivity contribution in [2.45, 2.75) is 96.9 Å². The number of nitrogens with zero attached hydrogens (tertiary/aromatic N) is 7. The van der Waals surface area contributed by atoms with Crippen molar-refractivity contribution in [2.75, 3.05) is 52.4 Å². The summed E-state index contributed by atoms with van der Waals surface area (Å²) in [5.74, 6) is 0.0191. The molecule has 4 aliphatic heterocycles. The Hall–Kier alpha value is -10.3. The van der Waals surface area contributed by atoms with Gasteiger partial charge < -0.3 is 43.9 Å². The summed E-state index contributed by atoms with van der Waals surface area (Å²) in [5.41, 5.74) is 10.3. The molecule has 2 N–H and O–H groups in total. The highest BCUT2D eigenvalue weighted by Crippen LogP contribution is 2.31. The zero-order chi connectivity index (χ0) is 72.1. The van der Waals surface area contributed by atoms with Crippen LogP contribution < -0.4 is 10.6 Å². The van der Waals surface area contributed by atoms with Crippen molar-refractivity contribution in [1.82, 2.24) is 43.9 Å².